The Labute approximate surface area is 114 Å². The van der Waals surface area contributed by atoms with Gasteiger partial charge in [-0.25, -0.2) is 4.98 Å². The van der Waals surface area contributed by atoms with Crippen molar-refractivity contribution in [3.8, 4) is 11.4 Å². The van der Waals surface area contributed by atoms with E-state index < -0.39 is 0 Å². The lowest BCUT2D eigenvalue weighted by molar-refractivity contribution is 0.959. The minimum absolute atomic E-state index is 1.01. The molecule has 0 amide bonds. The zero-order chi connectivity index (χ0) is 12.7. The molecule has 18 heavy (non-hydrogen) atoms. The van der Waals surface area contributed by atoms with E-state index in [-0.39, 0.29) is 0 Å². The van der Waals surface area contributed by atoms with Gasteiger partial charge in [-0.3, -0.25) is 0 Å². The molecule has 3 heteroatoms. The molecule has 2 aromatic carbocycles. The Kier molecular flexibility index (Phi) is 2.71. The Hall–Kier alpha value is -1.61. The van der Waals surface area contributed by atoms with Crippen molar-refractivity contribution in [3.63, 3.8) is 0 Å². The van der Waals surface area contributed by atoms with Gasteiger partial charge in [-0.15, -0.1) is 0 Å². The van der Waals surface area contributed by atoms with Crippen LogP contribution in [-0.4, -0.2) is 9.55 Å². The summed E-state index contributed by atoms with van der Waals surface area (Å²) in [6.45, 7) is 2.10. The van der Waals surface area contributed by atoms with E-state index in [2.05, 4.69) is 64.8 Å². The highest BCUT2D eigenvalue weighted by Gasteiger charge is 2.09. The average Bonchev–Trinajstić information content (AvgIpc) is 2.67. The van der Waals surface area contributed by atoms with Crippen LogP contribution in [0.1, 0.15) is 5.56 Å². The number of benzene rings is 2. The second-order valence-electron chi connectivity index (χ2n) is 4.50. The maximum Gasteiger partial charge on any atom is 0.140 e. The maximum absolute atomic E-state index is 4.71. The fourth-order valence-corrected chi connectivity index (χ4v) is 2.55. The second kappa shape index (κ2) is 4.25. The molecule has 0 fully saturated rings. The fraction of sp³-hybridized carbons (Fsp3) is 0.133. The smallest absolute Gasteiger partial charge is 0.140 e. The lowest BCUT2D eigenvalue weighted by Gasteiger charge is -2.03. The Morgan fingerprint density at radius 2 is 1.94 bits per heavy atom. The van der Waals surface area contributed by atoms with Crippen molar-refractivity contribution in [1.29, 1.82) is 0 Å². The van der Waals surface area contributed by atoms with Crippen LogP contribution in [0.25, 0.3) is 22.4 Å². The van der Waals surface area contributed by atoms with Crippen molar-refractivity contribution in [2.24, 2.45) is 7.05 Å². The molecule has 0 aliphatic rings. The van der Waals surface area contributed by atoms with E-state index >= 15 is 0 Å². The van der Waals surface area contributed by atoms with Gasteiger partial charge in [0.25, 0.3) is 0 Å². The predicted octanol–water partition coefficient (Wildman–Crippen LogP) is 4.31. The summed E-state index contributed by atoms with van der Waals surface area (Å²) >= 11 is 3.50. The summed E-state index contributed by atoms with van der Waals surface area (Å²) in [5.41, 5.74) is 4.57. The maximum atomic E-state index is 4.71. The standard InChI is InChI=1S/C15H13BrN2/c1-10-4-3-5-11(8-10)15-17-13-7-6-12(16)9-14(13)18(15)2/h3-9H,1-2H3. The first-order chi connectivity index (χ1) is 8.65. The summed E-state index contributed by atoms with van der Waals surface area (Å²) in [7, 11) is 2.06. The van der Waals surface area contributed by atoms with Gasteiger partial charge in [0, 0.05) is 17.1 Å². The summed E-state index contributed by atoms with van der Waals surface area (Å²) in [6.07, 6.45) is 0. The van der Waals surface area contributed by atoms with Crippen molar-refractivity contribution < 1.29 is 0 Å². The fourth-order valence-electron chi connectivity index (χ4n) is 2.21. The SMILES string of the molecule is Cc1cccc(-c2nc3ccc(Br)cc3n2C)c1. The van der Waals surface area contributed by atoms with Crippen LogP contribution < -0.4 is 0 Å². The van der Waals surface area contributed by atoms with E-state index in [1.807, 2.05) is 12.1 Å². The molecule has 1 heterocycles. The van der Waals surface area contributed by atoms with Crippen LogP contribution in [0.2, 0.25) is 0 Å². The zero-order valence-corrected chi connectivity index (χ0v) is 11.9. The molecule has 1 aromatic heterocycles. The number of hydrogen-bond donors (Lipinski definition) is 0. The number of fused-ring (bicyclic) bond motifs is 1. The van der Waals surface area contributed by atoms with Crippen molar-refractivity contribution >= 4 is 27.0 Å². The number of aromatic nitrogens is 2. The second-order valence-corrected chi connectivity index (χ2v) is 5.41. The van der Waals surface area contributed by atoms with Crippen LogP contribution in [0.15, 0.2) is 46.9 Å². The van der Waals surface area contributed by atoms with Crippen LogP contribution in [0.5, 0.6) is 0 Å². The Bertz CT molecular complexity index is 728. The van der Waals surface area contributed by atoms with Crippen LogP contribution in [0.4, 0.5) is 0 Å². The minimum atomic E-state index is 1.01. The molecule has 0 aliphatic carbocycles. The summed E-state index contributed by atoms with van der Waals surface area (Å²) in [5, 5.41) is 0. The van der Waals surface area contributed by atoms with Gasteiger partial charge in [-0.1, -0.05) is 39.7 Å². The van der Waals surface area contributed by atoms with Gasteiger partial charge in [0.15, 0.2) is 0 Å². The molecule has 0 bridgehead atoms. The van der Waals surface area contributed by atoms with Crippen molar-refractivity contribution in [2.45, 2.75) is 6.92 Å². The van der Waals surface area contributed by atoms with Gasteiger partial charge in [0.1, 0.15) is 5.82 Å². The minimum Gasteiger partial charge on any atom is -0.327 e. The first-order valence-corrected chi connectivity index (χ1v) is 6.63. The molecule has 2 nitrogen and oxygen atoms in total. The molecule has 0 N–H and O–H groups in total. The molecular formula is C15H13BrN2. The third-order valence-electron chi connectivity index (χ3n) is 3.12. The molecule has 0 spiro atoms. The third kappa shape index (κ3) is 1.85. The monoisotopic (exact) mass is 300 g/mol. The number of rotatable bonds is 1. The molecule has 0 radical (unpaired) electrons. The van der Waals surface area contributed by atoms with Gasteiger partial charge in [0.05, 0.1) is 11.0 Å². The van der Waals surface area contributed by atoms with Crippen molar-refractivity contribution in [2.75, 3.05) is 0 Å². The largest absolute Gasteiger partial charge is 0.327 e. The van der Waals surface area contributed by atoms with Crippen molar-refractivity contribution in [1.82, 2.24) is 9.55 Å². The van der Waals surface area contributed by atoms with Gasteiger partial charge >= 0.3 is 0 Å². The highest BCUT2D eigenvalue weighted by molar-refractivity contribution is 9.10. The summed E-state index contributed by atoms with van der Waals surface area (Å²) in [6, 6.07) is 14.6. The number of hydrogen-bond acceptors (Lipinski definition) is 1. The Morgan fingerprint density at radius 1 is 1.11 bits per heavy atom. The first kappa shape index (κ1) is 11.5. The third-order valence-corrected chi connectivity index (χ3v) is 3.61. The predicted molar refractivity (Wildman–Crippen MR) is 78.6 cm³/mol. The van der Waals surface area contributed by atoms with Crippen LogP contribution in [0.3, 0.4) is 0 Å². The molecule has 90 valence electrons. The molecule has 0 saturated heterocycles. The molecule has 3 aromatic rings. The Balaban J connectivity index is 2.27. The topological polar surface area (TPSA) is 17.8 Å². The summed E-state index contributed by atoms with van der Waals surface area (Å²) in [5.74, 6) is 1.01. The van der Waals surface area contributed by atoms with Crippen molar-refractivity contribution in [3.05, 3.63) is 52.5 Å². The molecule has 0 atom stereocenters. The number of aryl methyl sites for hydroxylation is 2. The number of halogens is 1. The van der Waals surface area contributed by atoms with E-state index in [4.69, 9.17) is 4.98 Å². The van der Waals surface area contributed by atoms with Crippen LogP contribution >= 0.6 is 15.9 Å². The van der Waals surface area contributed by atoms with E-state index in [1.165, 1.54) is 5.56 Å². The zero-order valence-electron chi connectivity index (χ0n) is 10.3. The normalized spacial score (nSPS) is 11.1. The lowest BCUT2D eigenvalue weighted by Crippen LogP contribution is -1.92. The van der Waals surface area contributed by atoms with E-state index in [1.54, 1.807) is 0 Å². The van der Waals surface area contributed by atoms with Gasteiger partial charge in [-0.05, 0) is 31.2 Å². The van der Waals surface area contributed by atoms with Crippen LogP contribution in [-0.2, 0) is 7.05 Å². The molecular weight excluding hydrogens is 288 g/mol. The Morgan fingerprint density at radius 3 is 2.72 bits per heavy atom. The number of nitrogens with zero attached hydrogens (tertiary/aromatic N) is 2. The van der Waals surface area contributed by atoms with E-state index in [0.29, 0.717) is 0 Å². The van der Waals surface area contributed by atoms with Gasteiger partial charge in [-0.2, -0.15) is 0 Å². The first-order valence-electron chi connectivity index (χ1n) is 5.84. The molecule has 0 saturated carbocycles. The van der Waals surface area contributed by atoms with E-state index in [9.17, 15) is 0 Å². The molecule has 0 aliphatic heterocycles. The lowest BCUT2D eigenvalue weighted by atomic mass is 10.1. The van der Waals surface area contributed by atoms with Gasteiger partial charge < -0.3 is 4.57 Å². The van der Waals surface area contributed by atoms with Gasteiger partial charge in [0.2, 0.25) is 0 Å². The highest BCUT2D eigenvalue weighted by Crippen LogP contribution is 2.26. The molecule has 3 rings (SSSR count). The van der Waals surface area contributed by atoms with Crippen LogP contribution in [0, 0.1) is 6.92 Å². The average molecular weight is 301 g/mol. The summed E-state index contributed by atoms with van der Waals surface area (Å²) < 4.78 is 3.21. The summed E-state index contributed by atoms with van der Waals surface area (Å²) in [4.78, 5) is 4.71. The molecule has 0 unspecified atom stereocenters. The van der Waals surface area contributed by atoms with E-state index in [0.717, 1.165) is 26.9 Å². The number of imidazole rings is 1. The highest BCUT2D eigenvalue weighted by atomic mass is 79.9. The quantitative estimate of drug-likeness (QED) is 0.655.